The van der Waals surface area contributed by atoms with Gasteiger partial charge in [0.1, 0.15) is 0 Å². The Morgan fingerprint density at radius 3 is 2.59 bits per heavy atom. The first-order chi connectivity index (χ1) is 12.7. The van der Waals surface area contributed by atoms with Crippen LogP contribution in [-0.4, -0.2) is 20.7 Å². The SMILES string of the molecule is Cc1cc(=O)c(C(=O)Nc2nc(C(C)(C)C)cs2)nn1-c1ccccc1Cl. The first kappa shape index (κ1) is 19.3. The normalized spacial score (nSPS) is 11.4. The van der Waals surface area contributed by atoms with E-state index in [1.54, 1.807) is 25.1 Å². The topological polar surface area (TPSA) is 76.9 Å². The molecule has 2 aromatic heterocycles. The van der Waals surface area contributed by atoms with Crippen molar-refractivity contribution in [2.24, 2.45) is 0 Å². The number of nitrogens with zero attached hydrogens (tertiary/aromatic N) is 3. The number of carbonyl (C=O) groups excluding carboxylic acids is 1. The fourth-order valence-electron chi connectivity index (χ4n) is 2.40. The minimum Gasteiger partial charge on any atom is -0.296 e. The Morgan fingerprint density at radius 2 is 1.96 bits per heavy atom. The fraction of sp³-hybridized carbons (Fsp3) is 0.263. The summed E-state index contributed by atoms with van der Waals surface area (Å²) < 4.78 is 1.49. The van der Waals surface area contributed by atoms with E-state index in [4.69, 9.17) is 11.6 Å². The molecule has 0 unspecified atom stereocenters. The summed E-state index contributed by atoms with van der Waals surface area (Å²) in [4.78, 5) is 29.4. The minimum absolute atomic E-state index is 0.127. The zero-order chi connectivity index (χ0) is 19.8. The lowest BCUT2D eigenvalue weighted by Crippen LogP contribution is -2.27. The molecule has 3 rings (SSSR count). The van der Waals surface area contributed by atoms with Gasteiger partial charge in [-0.2, -0.15) is 5.10 Å². The first-order valence-corrected chi connectivity index (χ1v) is 9.56. The van der Waals surface area contributed by atoms with Crippen LogP contribution in [-0.2, 0) is 5.41 Å². The third-order valence-corrected chi connectivity index (χ3v) is 4.97. The molecule has 140 valence electrons. The number of amides is 1. The van der Waals surface area contributed by atoms with Crippen molar-refractivity contribution in [3.8, 4) is 5.69 Å². The average Bonchev–Trinajstić information content (AvgIpc) is 3.04. The lowest BCUT2D eigenvalue weighted by atomic mass is 9.93. The predicted octanol–water partition coefficient (Wildman–Crippen LogP) is 4.20. The standard InChI is InChI=1S/C19H19ClN4O2S/c1-11-9-14(25)16(23-24(11)13-8-6-5-7-12(13)20)17(26)22-18-21-15(10-27-18)19(2,3)4/h5-10H,1-4H3,(H,21,22,26). The summed E-state index contributed by atoms with van der Waals surface area (Å²) in [6, 6.07) is 8.47. The molecule has 8 heteroatoms. The molecule has 0 aliphatic heterocycles. The van der Waals surface area contributed by atoms with Gasteiger partial charge in [-0.15, -0.1) is 11.3 Å². The molecule has 0 radical (unpaired) electrons. The molecule has 0 bridgehead atoms. The number of carbonyl (C=O) groups is 1. The number of thiazole rings is 1. The Morgan fingerprint density at radius 1 is 1.26 bits per heavy atom. The van der Waals surface area contributed by atoms with Crippen molar-refractivity contribution in [3.05, 3.63) is 68.0 Å². The van der Waals surface area contributed by atoms with Gasteiger partial charge in [0.05, 0.1) is 16.4 Å². The van der Waals surface area contributed by atoms with Gasteiger partial charge in [-0.25, -0.2) is 9.67 Å². The molecule has 2 heterocycles. The van der Waals surface area contributed by atoms with Crippen LogP contribution in [0.5, 0.6) is 0 Å². The number of halogens is 1. The molecule has 0 aliphatic rings. The molecule has 0 spiro atoms. The van der Waals surface area contributed by atoms with Crippen molar-refractivity contribution < 1.29 is 4.79 Å². The number of hydrogen-bond acceptors (Lipinski definition) is 5. The van der Waals surface area contributed by atoms with Gasteiger partial charge in [-0.3, -0.25) is 14.9 Å². The van der Waals surface area contributed by atoms with Crippen LogP contribution in [0.2, 0.25) is 5.02 Å². The van der Waals surface area contributed by atoms with Crippen LogP contribution in [0, 0.1) is 6.92 Å². The summed E-state index contributed by atoms with van der Waals surface area (Å²) in [5, 5.41) is 9.69. The van der Waals surface area contributed by atoms with E-state index in [-0.39, 0.29) is 11.1 Å². The van der Waals surface area contributed by atoms with E-state index in [0.717, 1.165) is 5.69 Å². The highest BCUT2D eigenvalue weighted by Gasteiger charge is 2.20. The molecule has 1 amide bonds. The smallest absolute Gasteiger partial charge is 0.281 e. The van der Waals surface area contributed by atoms with Gasteiger partial charge >= 0.3 is 0 Å². The van der Waals surface area contributed by atoms with Crippen molar-refractivity contribution in [2.45, 2.75) is 33.1 Å². The number of anilines is 1. The monoisotopic (exact) mass is 402 g/mol. The van der Waals surface area contributed by atoms with E-state index >= 15 is 0 Å². The highest BCUT2D eigenvalue weighted by molar-refractivity contribution is 7.14. The quantitative estimate of drug-likeness (QED) is 0.712. The van der Waals surface area contributed by atoms with Crippen molar-refractivity contribution in [2.75, 3.05) is 5.32 Å². The van der Waals surface area contributed by atoms with Crippen molar-refractivity contribution in [3.63, 3.8) is 0 Å². The van der Waals surface area contributed by atoms with Crippen LogP contribution in [0.1, 0.15) is 42.6 Å². The van der Waals surface area contributed by atoms with Crippen molar-refractivity contribution >= 4 is 34.0 Å². The van der Waals surface area contributed by atoms with Gasteiger partial charge in [0.25, 0.3) is 5.91 Å². The van der Waals surface area contributed by atoms with E-state index < -0.39 is 11.3 Å². The lowest BCUT2D eigenvalue weighted by molar-refractivity contribution is 0.101. The Balaban J connectivity index is 1.96. The second-order valence-corrected chi connectivity index (χ2v) is 8.37. The summed E-state index contributed by atoms with van der Waals surface area (Å²) >= 11 is 7.54. The van der Waals surface area contributed by atoms with Crippen molar-refractivity contribution in [1.29, 1.82) is 0 Å². The summed E-state index contributed by atoms with van der Waals surface area (Å²) in [6.45, 7) is 7.85. The number of hydrogen-bond donors (Lipinski definition) is 1. The number of benzene rings is 1. The number of nitrogens with one attached hydrogen (secondary N) is 1. The molecule has 0 saturated carbocycles. The lowest BCUT2D eigenvalue weighted by Gasteiger charge is -2.14. The molecular formula is C19H19ClN4O2S. The number of para-hydroxylation sites is 1. The summed E-state index contributed by atoms with van der Waals surface area (Å²) in [7, 11) is 0. The molecule has 1 N–H and O–H groups in total. The molecule has 0 aliphatic carbocycles. The van der Waals surface area contributed by atoms with Crippen LogP contribution >= 0.6 is 22.9 Å². The van der Waals surface area contributed by atoms with Gasteiger partial charge in [0.2, 0.25) is 5.43 Å². The number of aryl methyl sites for hydroxylation is 1. The Labute approximate surface area is 165 Å². The summed E-state index contributed by atoms with van der Waals surface area (Å²) in [5.74, 6) is -0.601. The van der Waals surface area contributed by atoms with Crippen LogP contribution in [0.15, 0.2) is 40.5 Å². The van der Waals surface area contributed by atoms with E-state index in [2.05, 4.69) is 15.4 Å². The molecule has 0 fully saturated rings. The van der Waals surface area contributed by atoms with Gasteiger partial charge in [0.15, 0.2) is 10.8 Å². The number of aromatic nitrogens is 3. The minimum atomic E-state index is -0.601. The maximum Gasteiger partial charge on any atom is 0.281 e. The Hall–Kier alpha value is -2.51. The van der Waals surface area contributed by atoms with Crippen molar-refractivity contribution in [1.82, 2.24) is 14.8 Å². The second-order valence-electron chi connectivity index (χ2n) is 7.10. The zero-order valence-electron chi connectivity index (χ0n) is 15.4. The largest absolute Gasteiger partial charge is 0.296 e. The zero-order valence-corrected chi connectivity index (χ0v) is 17.0. The Bertz CT molecular complexity index is 1070. The highest BCUT2D eigenvalue weighted by atomic mass is 35.5. The molecule has 1 aromatic carbocycles. The summed E-state index contributed by atoms with van der Waals surface area (Å²) in [5.41, 5.74) is 1.24. The molecule has 3 aromatic rings. The van der Waals surface area contributed by atoms with Crippen LogP contribution < -0.4 is 10.7 Å². The maximum atomic E-state index is 12.6. The van der Waals surface area contributed by atoms with E-state index in [1.807, 2.05) is 32.2 Å². The summed E-state index contributed by atoms with van der Waals surface area (Å²) in [6.07, 6.45) is 0. The van der Waals surface area contributed by atoms with E-state index in [0.29, 0.717) is 21.5 Å². The average molecular weight is 403 g/mol. The molecule has 0 atom stereocenters. The van der Waals surface area contributed by atoms with Crippen LogP contribution in [0.3, 0.4) is 0 Å². The molecule has 6 nitrogen and oxygen atoms in total. The van der Waals surface area contributed by atoms with Gasteiger partial charge in [-0.1, -0.05) is 44.5 Å². The first-order valence-electron chi connectivity index (χ1n) is 8.30. The third-order valence-electron chi connectivity index (χ3n) is 3.90. The fourth-order valence-corrected chi connectivity index (χ4v) is 3.55. The Kier molecular flexibility index (Phi) is 5.17. The molecule has 0 saturated heterocycles. The molecule has 27 heavy (non-hydrogen) atoms. The van der Waals surface area contributed by atoms with Crippen LogP contribution in [0.4, 0.5) is 5.13 Å². The highest BCUT2D eigenvalue weighted by Crippen LogP contribution is 2.26. The van der Waals surface area contributed by atoms with E-state index in [9.17, 15) is 9.59 Å². The van der Waals surface area contributed by atoms with Gasteiger partial charge in [-0.05, 0) is 19.1 Å². The second kappa shape index (κ2) is 7.25. The van der Waals surface area contributed by atoms with Gasteiger partial charge in [0, 0.05) is 22.6 Å². The van der Waals surface area contributed by atoms with Crippen LogP contribution in [0.25, 0.3) is 5.69 Å². The third kappa shape index (κ3) is 4.09. The number of rotatable bonds is 3. The maximum absolute atomic E-state index is 12.6. The van der Waals surface area contributed by atoms with E-state index in [1.165, 1.54) is 22.1 Å². The predicted molar refractivity (Wildman–Crippen MR) is 108 cm³/mol. The van der Waals surface area contributed by atoms with Gasteiger partial charge < -0.3 is 0 Å². The molecular weight excluding hydrogens is 384 g/mol.